The fourth-order valence-electron chi connectivity index (χ4n) is 3.99. The molecule has 5 rings (SSSR count). The molecule has 4 N–H and O–H groups in total. The molecule has 4 aromatic rings. The van der Waals surface area contributed by atoms with E-state index in [1.54, 1.807) is 12.1 Å². The second kappa shape index (κ2) is 8.16. The van der Waals surface area contributed by atoms with Crippen LogP contribution in [0.3, 0.4) is 0 Å². The topological polar surface area (TPSA) is 96.4 Å². The highest BCUT2D eigenvalue weighted by molar-refractivity contribution is 5.91. The number of nitrogens with one attached hydrogen (secondary N) is 1. The number of phenolic OH excluding ortho intramolecular Hbond substituents is 1. The molecule has 0 bridgehead atoms. The Labute approximate surface area is 180 Å². The van der Waals surface area contributed by atoms with Gasteiger partial charge in [0.2, 0.25) is 0 Å². The van der Waals surface area contributed by atoms with Gasteiger partial charge >= 0.3 is 0 Å². The summed E-state index contributed by atoms with van der Waals surface area (Å²) in [5.41, 5.74) is 10.1. The van der Waals surface area contributed by atoms with E-state index in [2.05, 4.69) is 21.4 Å². The van der Waals surface area contributed by atoms with Gasteiger partial charge in [-0.25, -0.2) is 9.97 Å². The van der Waals surface area contributed by atoms with Gasteiger partial charge in [-0.05, 0) is 42.3 Å². The first kappa shape index (κ1) is 19.2. The minimum atomic E-state index is -0.0788. The van der Waals surface area contributed by atoms with E-state index in [-0.39, 0.29) is 17.7 Å². The summed E-state index contributed by atoms with van der Waals surface area (Å²) < 4.78 is 0. The molecule has 6 nitrogen and oxygen atoms in total. The Morgan fingerprint density at radius 3 is 2.61 bits per heavy atom. The first-order valence-corrected chi connectivity index (χ1v) is 10.4. The van der Waals surface area contributed by atoms with Crippen LogP contribution in [0.2, 0.25) is 0 Å². The molecule has 31 heavy (non-hydrogen) atoms. The van der Waals surface area contributed by atoms with Crippen LogP contribution in [0.25, 0.3) is 22.3 Å². The standard InChI is InChI=1S/C25H23N5O/c26-17(13-16-14-27-21-10-4-1-7-18(16)21)15-28-24-19-8-2-5-11-22(19)29-25(30-24)20-9-3-6-12-23(20)31/h1-12,14,16-17,31H,13,15,26H2,(H,28,29,30)/t16?,17-/m1/s1. The third-order valence-electron chi connectivity index (χ3n) is 5.57. The molecule has 0 fully saturated rings. The van der Waals surface area contributed by atoms with Crippen LogP contribution < -0.4 is 11.1 Å². The van der Waals surface area contributed by atoms with Crippen molar-refractivity contribution in [1.29, 1.82) is 0 Å². The molecule has 0 saturated carbocycles. The second-order valence-electron chi connectivity index (χ2n) is 7.75. The maximum atomic E-state index is 10.3. The summed E-state index contributed by atoms with van der Waals surface area (Å²) in [6.45, 7) is 0.563. The molecule has 1 aliphatic rings. The first-order valence-electron chi connectivity index (χ1n) is 10.4. The molecule has 0 amide bonds. The van der Waals surface area contributed by atoms with Gasteiger partial charge < -0.3 is 16.2 Å². The van der Waals surface area contributed by atoms with Gasteiger partial charge in [0, 0.05) is 30.1 Å². The number of aromatic nitrogens is 2. The molecule has 154 valence electrons. The number of hydrogen-bond donors (Lipinski definition) is 3. The van der Waals surface area contributed by atoms with Crippen molar-refractivity contribution in [2.75, 3.05) is 11.9 Å². The van der Waals surface area contributed by atoms with E-state index in [4.69, 9.17) is 10.7 Å². The van der Waals surface area contributed by atoms with Crippen molar-refractivity contribution < 1.29 is 5.11 Å². The van der Waals surface area contributed by atoms with Crippen LogP contribution in [0, 0.1) is 0 Å². The van der Waals surface area contributed by atoms with Crippen LogP contribution in [0.15, 0.2) is 77.8 Å². The van der Waals surface area contributed by atoms with Gasteiger partial charge in [-0.1, -0.05) is 42.5 Å². The smallest absolute Gasteiger partial charge is 0.165 e. The highest BCUT2D eigenvalue weighted by Gasteiger charge is 2.21. The summed E-state index contributed by atoms with van der Waals surface area (Å²) in [6, 6.07) is 23.0. The number of benzene rings is 3. The molecular weight excluding hydrogens is 386 g/mol. The fraction of sp³-hybridized carbons (Fsp3) is 0.160. The van der Waals surface area contributed by atoms with Crippen molar-refractivity contribution >= 4 is 28.6 Å². The quantitative estimate of drug-likeness (QED) is 0.431. The maximum absolute atomic E-state index is 10.3. The Kier molecular flexibility index (Phi) is 5.06. The minimum Gasteiger partial charge on any atom is -0.507 e. The van der Waals surface area contributed by atoms with Crippen LogP contribution in [0.4, 0.5) is 11.5 Å². The predicted octanol–water partition coefficient (Wildman–Crippen LogP) is 4.63. The van der Waals surface area contributed by atoms with E-state index >= 15 is 0 Å². The van der Waals surface area contributed by atoms with E-state index in [1.165, 1.54) is 5.56 Å². The summed E-state index contributed by atoms with van der Waals surface area (Å²) in [6.07, 6.45) is 2.78. The van der Waals surface area contributed by atoms with Crippen LogP contribution in [-0.2, 0) is 0 Å². The molecule has 6 heteroatoms. The number of para-hydroxylation sites is 3. The number of nitrogens with zero attached hydrogens (tertiary/aromatic N) is 3. The zero-order valence-corrected chi connectivity index (χ0v) is 16.9. The normalized spacial score (nSPS) is 15.7. The number of anilines is 1. The lowest BCUT2D eigenvalue weighted by molar-refractivity contribution is 0.477. The van der Waals surface area contributed by atoms with E-state index in [1.807, 2.05) is 60.8 Å². The average Bonchev–Trinajstić information content (AvgIpc) is 3.20. The summed E-state index contributed by atoms with van der Waals surface area (Å²) in [5.74, 6) is 1.57. The van der Waals surface area contributed by atoms with Crippen molar-refractivity contribution in [3.05, 3.63) is 78.4 Å². The van der Waals surface area contributed by atoms with Crippen LogP contribution in [0.1, 0.15) is 17.9 Å². The molecule has 0 spiro atoms. The van der Waals surface area contributed by atoms with Crippen molar-refractivity contribution in [1.82, 2.24) is 9.97 Å². The Morgan fingerprint density at radius 1 is 0.935 bits per heavy atom. The molecular formula is C25H23N5O. The van der Waals surface area contributed by atoms with Crippen LogP contribution in [0.5, 0.6) is 5.75 Å². The number of rotatable bonds is 6. The lowest BCUT2D eigenvalue weighted by Crippen LogP contribution is -2.31. The highest BCUT2D eigenvalue weighted by Crippen LogP contribution is 2.34. The van der Waals surface area contributed by atoms with Crippen LogP contribution >= 0.6 is 0 Å². The van der Waals surface area contributed by atoms with Gasteiger partial charge in [0.1, 0.15) is 11.6 Å². The summed E-state index contributed by atoms with van der Waals surface area (Å²) >= 11 is 0. The lowest BCUT2D eigenvalue weighted by atomic mass is 9.94. The van der Waals surface area contributed by atoms with Gasteiger partial charge in [-0.15, -0.1) is 0 Å². The molecule has 2 atom stereocenters. The van der Waals surface area contributed by atoms with Crippen molar-refractivity contribution in [3.63, 3.8) is 0 Å². The van der Waals surface area contributed by atoms with Gasteiger partial charge in [0.15, 0.2) is 5.82 Å². The lowest BCUT2D eigenvalue weighted by Gasteiger charge is -2.18. The van der Waals surface area contributed by atoms with Gasteiger partial charge in [0.25, 0.3) is 0 Å². The minimum absolute atomic E-state index is 0.0788. The van der Waals surface area contributed by atoms with E-state index in [9.17, 15) is 5.11 Å². The predicted molar refractivity (Wildman–Crippen MR) is 125 cm³/mol. The highest BCUT2D eigenvalue weighted by atomic mass is 16.3. The summed E-state index contributed by atoms with van der Waals surface area (Å²) in [7, 11) is 0. The fourth-order valence-corrected chi connectivity index (χ4v) is 3.99. The third-order valence-corrected chi connectivity index (χ3v) is 5.57. The van der Waals surface area contributed by atoms with Crippen molar-refractivity contribution in [2.24, 2.45) is 10.7 Å². The van der Waals surface area contributed by atoms with Gasteiger partial charge in [0.05, 0.1) is 16.8 Å². The second-order valence-corrected chi connectivity index (χ2v) is 7.75. The SMILES string of the molecule is N[C@@H](CNc1nc(-c2ccccc2O)nc2ccccc12)CC1C=Nc2ccccc21. The Balaban J connectivity index is 1.38. The van der Waals surface area contributed by atoms with Gasteiger partial charge in [-0.3, -0.25) is 4.99 Å². The molecule has 1 aliphatic heterocycles. The molecule has 0 saturated heterocycles. The Hall–Kier alpha value is -3.77. The Bertz CT molecular complexity index is 1270. The molecule has 2 heterocycles. The molecule has 3 aromatic carbocycles. The monoisotopic (exact) mass is 409 g/mol. The third kappa shape index (κ3) is 3.85. The molecule has 1 aromatic heterocycles. The summed E-state index contributed by atoms with van der Waals surface area (Å²) in [4.78, 5) is 13.9. The number of phenols is 1. The van der Waals surface area contributed by atoms with E-state index < -0.39 is 0 Å². The molecule has 1 unspecified atom stereocenters. The van der Waals surface area contributed by atoms with E-state index in [0.29, 0.717) is 23.8 Å². The van der Waals surface area contributed by atoms with Crippen LogP contribution in [-0.4, -0.2) is 33.9 Å². The number of aliphatic imine (C=N–C) groups is 1. The average molecular weight is 409 g/mol. The number of hydrogen-bond acceptors (Lipinski definition) is 6. The Morgan fingerprint density at radius 2 is 1.71 bits per heavy atom. The molecule has 0 radical (unpaired) electrons. The van der Waals surface area contributed by atoms with Crippen molar-refractivity contribution in [2.45, 2.75) is 18.4 Å². The summed E-state index contributed by atoms with van der Waals surface area (Å²) in [5, 5.41) is 14.6. The van der Waals surface area contributed by atoms with Crippen molar-refractivity contribution in [3.8, 4) is 17.1 Å². The molecule has 0 aliphatic carbocycles. The first-order chi connectivity index (χ1) is 15.2. The maximum Gasteiger partial charge on any atom is 0.165 e. The largest absolute Gasteiger partial charge is 0.507 e. The number of aromatic hydroxyl groups is 1. The number of fused-ring (bicyclic) bond motifs is 2. The number of nitrogens with two attached hydrogens (primary N) is 1. The van der Waals surface area contributed by atoms with Gasteiger partial charge in [-0.2, -0.15) is 0 Å². The van der Waals surface area contributed by atoms with E-state index in [0.717, 1.165) is 23.0 Å². The zero-order valence-electron chi connectivity index (χ0n) is 16.9. The zero-order chi connectivity index (χ0) is 21.2.